The van der Waals surface area contributed by atoms with Crippen molar-refractivity contribution in [2.24, 2.45) is 0 Å². The number of hydrogen-bond donors (Lipinski definition) is 1. The van der Waals surface area contributed by atoms with Crippen molar-refractivity contribution in [1.82, 2.24) is 15.1 Å². The number of rotatable bonds is 2. The molecule has 3 aliphatic heterocycles. The van der Waals surface area contributed by atoms with Gasteiger partial charge in [-0.2, -0.15) is 0 Å². The van der Waals surface area contributed by atoms with E-state index in [9.17, 15) is 9.59 Å². The highest BCUT2D eigenvalue weighted by Crippen LogP contribution is 2.35. The molecule has 4 fully saturated rings. The van der Waals surface area contributed by atoms with Crippen LogP contribution in [0.5, 0.6) is 0 Å². The molecule has 7 nitrogen and oxygen atoms in total. The van der Waals surface area contributed by atoms with E-state index in [4.69, 9.17) is 9.47 Å². The minimum atomic E-state index is -0.621. The van der Waals surface area contributed by atoms with E-state index in [1.165, 1.54) is 4.90 Å². The number of carbonyl (C=O) groups excluding carboxylic acids is 2. The van der Waals surface area contributed by atoms with Gasteiger partial charge in [0, 0.05) is 25.9 Å². The zero-order chi connectivity index (χ0) is 15.9. The van der Waals surface area contributed by atoms with Crippen LogP contribution >= 0.6 is 0 Å². The molecule has 7 heteroatoms. The van der Waals surface area contributed by atoms with Gasteiger partial charge < -0.3 is 14.8 Å². The second-order valence-electron chi connectivity index (χ2n) is 7.17. The second kappa shape index (κ2) is 5.72. The Balaban J connectivity index is 1.37. The SMILES string of the molecule is O=C1NC2(CCCCC2)C(=O)N1CN1CCC2(CC1)OCCO2. The highest BCUT2D eigenvalue weighted by atomic mass is 16.7. The average Bonchev–Trinajstić information content (AvgIpc) is 3.10. The Bertz CT molecular complexity index is 488. The minimum Gasteiger partial charge on any atom is -0.347 e. The van der Waals surface area contributed by atoms with Crippen molar-refractivity contribution >= 4 is 11.9 Å². The minimum absolute atomic E-state index is 0.0316. The van der Waals surface area contributed by atoms with Gasteiger partial charge >= 0.3 is 6.03 Å². The zero-order valence-corrected chi connectivity index (χ0v) is 13.5. The fraction of sp³-hybridized carbons (Fsp3) is 0.875. The standard InChI is InChI=1S/C16H25N3O4/c20-13-15(4-2-1-3-5-15)17-14(21)19(13)12-18-8-6-16(7-9-18)22-10-11-23-16/h1-12H2,(H,17,21). The van der Waals surface area contributed by atoms with E-state index in [0.717, 1.165) is 58.0 Å². The van der Waals surface area contributed by atoms with Crippen LogP contribution in [0.4, 0.5) is 4.79 Å². The van der Waals surface area contributed by atoms with Crippen molar-refractivity contribution in [3.8, 4) is 0 Å². The molecule has 0 aromatic carbocycles. The van der Waals surface area contributed by atoms with E-state index < -0.39 is 11.3 Å². The quantitative estimate of drug-likeness (QED) is 0.769. The van der Waals surface area contributed by atoms with E-state index in [1.54, 1.807) is 0 Å². The molecule has 4 aliphatic rings. The summed E-state index contributed by atoms with van der Waals surface area (Å²) in [4.78, 5) is 28.6. The number of piperidine rings is 1. The fourth-order valence-electron chi connectivity index (χ4n) is 4.32. The number of amides is 3. The number of ether oxygens (including phenoxy) is 2. The summed E-state index contributed by atoms with van der Waals surface area (Å²) in [7, 11) is 0. The third-order valence-electron chi connectivity index (χ3n) is 5.73. The van der Waals surface area contributed by atoms with Crippen LogP contribution in [0.2, 0.25) is 0 Å². The molecule has 128 valence electrons. The number of carbonyl (C=O) groups is 2. The molecule has 1 aliphatic carbocycles. The zero-order valence-electron chi connectivity index (χ0n) is 13.5. The third kappa shape index (κ3) is 2.64. The lowest BCUT2D eigenvalue weighted by Gasteiger charge is -2.38. The number of nitrogens with one attached hydrogen (secondary N) is 1. The molecular weight excluding hydrogens is 298 g/mol. The van der Waals surface area contributed by atoms with E-state index >= 15 is 0 Å². The van der Waals surface area contributed by atoms with Gasteiger partial charge in [-0.15, -0.1) is 0 Å². The molecule has 1 saturated carbocycles. The first kappa shape index (κ1) is 15.4. The summed E-state index contributed by atoms with van der Waals surface area (Å²) < 4.78 is 11.4. The molecule has 3 heterocycles. The fourth-order valence-corrected chi connectivity index (χ4v) is 4.32. The first-order valence-electron chi connectivity index (χ1n) is 8.77. The van der Waals surface area contributed by atoms with Crippen LogP contribution in [0.3, 0.4) is 0 Å². The molecule has 0 bridgehead atoms. The average molecular weight is 323 g/mol. The molecule has 2 spiro atoms. The van der Waals surface area contributed by atoms with Crippen molar-refractivity contribution in [2.75, 3.05) is 33.0 Å². The maximum atomic E-state index is 12.8. The highest BCUT2D eigenvalue weighted by molar-refractivity contribution is 6.07. The summed E-state index contributed by atoms with van der Waals surface area (Å²) in [6.07, 6.45) is 6.32. The lowest BCUT2D eigenvalue weighted by Crippen LogP contribution is -2.51. The summed E-state index contributed by atoms with van der Waals surface area (Å²) in [5, 5.41) is 2.97. The Hall–Kier alpha value is -1.18. The first-order valence-corrected chi connectivity index (χ1v) is 8.77. The molecule has 0 aromatic heterocycles. The van der Waals surface area contributed by atoms with Crippen LogP contribution in [-0.2, 0) is 14.3 Å². The van der Waals surface area contributed by atoms with Crippen molar-refractivity contribution in [3.05, 3.63) is 0 Å². The number of hydrogen-bond acceptors (Lipinski definition) is 5. The molecule has 4 rings (SSSR count). The molecule has 0 atom stereocenters. The van der Waals surface area contributed by atoms with Crippen molar-refractivity contribution < 1.29 is 19.1 Å². The van der Waals surface area contributed by atoms with Crippen LogP contribution in [0.25, 0.3) is 0 Å². The molecule has 0 radical (unpaired) electrons. The Kier molecular flexibility index (Phi) is 3.82. The number of nitrogens with zero attached hydrogens (tertiary/aromatic N) is 2. The van der Waals surface area contributed by atoms with Crippen LogP contribution in [0.1, 0.15) is 44.9 Å². The van der Waals surface area contributed by atoms with Crippen molar-refractivity contribution in [2.45, 2.75) is 56.3 Å². The van der Waals surface area contributed by atoms with E-state index in [2.05, 4.69) is 10.2 Å². The molecular formula is C16H25N3O4. The van der Waals surface area contributed by atoms with Crippen LogP contribution in [-0.4, -0.2) is 66.0 Å². The van der Waals surface area contributed by atoms with Gasteiger partial charge in [-0.05, 0) is 12.8 Å². The summed E-state index contributed by atoms with van der Waals surface area (Å²) in [6.45, 7) is 3.27. The monoisotopic (exact) mass is 323 g/mol. The van der Waals surface area contributed by atoms with Gasteiger partial charge in [0.25, 0.3) is 5.91 Å². The summed E-state index contributed by atoms with van der Waals surface area (Å²) in [5.41, 5.74) is -0.621. The van der Waals surface area contributed by atoms with Crippen LogP contribution in [0.15, 0.2) is 0 Å². The van der Waals surface area contributed by atoms with Gasteiger partial charge in [-0.1, -0.05) is 19.3 Å². The van der Waals surface area contributed by atoms with E-state index in [1.807, 2.05) is 0 Å². The highest BCUT2D eigenvalue weighted by Gasteiger charge is 2.52. The third-order valence-corrected chi connectivity index (χ3v) is 5.73. The molecule has 23 heavy (non-hydrogen) atoms. The molecule has 3 amide bonds. The van der Waals surface area contributed by atoms with E-state index in [0.29, 0.717) is 19.9 Å². The topological polar surface area (TPSA) is 71.1 Å². The largest absolute Gasteiger partial charge is 0.347 e. The normalized spacial score (nSPS) is 30.3. The molecule has 1 N–H and O–H groups in total. The predicted molar refractivity (Wildman–Crippen MR) is 81.5 cm³/mol. The number of urea groups is 1. The smallest absolute Gasteiger partial charge is 0.326 e. The molecule has 0 aromatic rings. The van der Waals surface area contributed by atoms with Crippen LogP contribution < -0.4 is 5.32 Å². The number of likely N-dealkylation sites (tertiary alicyclic amines) is 1. The number of imide groups is 1. The Morgan fingerprint density at radius 1 is 0.957 bits per heavy atom. The maximum Gasteiger partial charge on any atom is 0.326 e. The lowest BCUT2D eigenvalue weighted by atomic mass is 9.82. The van der Waals surface area contributed by atoms with Gasteiger partial charge in [-0.3, -0.25) is 9.69 Å². The van der Waals surface area contributed by atoms with Gasteiger partial charge in [0.05, 0.1) is 19.9 Å². The van der Waals surface area contributed by atoms with Crippen molar-refractivity contribution in [3.63, 3.8) is 0 Å². The van der Waals surface area contributed by atoms with Gasteiger partial charge in [0.2, 0.25) is 0 Å². The first-order chi connectivity index (χ1) is 11.1. The Morgan fingerprint density at radius 3 is 2.26 bits per heavy atom. The predicted octanol–water partition coefficient (Wildman–Crippen LogP) is 1.04. The Morgan fingerprint density at radius 2 is 1.61 bits per heavy atom. The molecule has 3 saturated heterocycles. The van der Waals surface area contributed by atoms with Crippen LogP contribution in [0, 0.1) is 0 Å². The summed E-state index contributed by atoms with van der Waals surface area (Å²) in [6, 6.07) is -0.231. The van der Waals surface area contributed by atoms with Crippen molar-refractivity contribution in [1.29, 1.82) is 0 Å². The summed E-state index contributed by atoms with van der Waals surface area (Å²) in [5.74, 6) is -0.450. The summed E-state index contributed by atoms with van der Waals surface area (Å²) >= 11 is 0. The second-order valence-corrected chi connectivity index (χ2v) is 7.17. The molecule has 0 unspecified atom stereocenters. The maximum absolute atomic E-state index is 12.8. The lowest BCUT2D eigenvalue weighted by molar-refractivity contribution is -0.187. The van der Waals surface area contributed by atoms with E-state index in [-0.39, 0.29) is 11.9 Å². The van der Waals surface area contributed by atoms with Gasteiger partial charge in [-0.25, -0.2) is 9.69 Å². The van der Waals surface area contributed by atoms with Gasteiger partial charge in [0.1, 0.15) is 5.54 Å². The van der Waals surface area contributed by atoms with Gasteiger partial charge in [0.15, 0.2) is 5.79 Å². The Labute approximate surface area is 136 Å².